The third-order valence-electron chi connectivity index (χ3n) is 2.36. The summed E-state index contributed by atoms with van der Waals surface area (Å²) in [6, 6.07) is 9.75. The van der Waals surface area contributed by atoms with E-state index in [1.807, 2.05) is 36.6 Å². The Morgan fingerprint density at radius 3 is 2.50 bits per heavy atom. The highest BCUT2D eigenvalue weighted by Gasteiger charge is 2.12. The molecule has 3 heteroatoms. The van der Waals surface area contributed by atoms with E-state index in [2.05, 4.69) is 0 Å². The Hall–Kier alpha value is -1.12. The normalized spacial score (nSPS) is 10.4. The lowest BCUT2D eigenvalue weighted by Gasteiger charge is -2.00. The van der Waals surface area contributed by atoms with Crippen LogP contribution in [-0.2, 0) is 6.42 Å². The van der Waals surface area contributed by atoms with E-state index in [4.69, 9.17) is 11.6 Å². The summed E-state index contributed by atoms with van der Waals surface area (Å²) in [5.41, 5.74) is 2.23. The second-order valence-corrected chi connectivity index (χ2v) is 5.01. The van der Waals surface area contributed by atoms with Gasteiger partial charge in [0.05, 0.1) is 9.90 Å². The monoisotopic (exact) mass is 250 g/mol. The summed E-state index contributed by atoms with van der Waals surface area (Å²) in [6.07, 6.45) is 0.417. The van der Waals surface area contributed by atoms with Crippen molar-refractivity contribution in [2.75, 3.05) is 0 Å². The maximum atomic E-state index is 11.9. The number of aryl methyl sites for hydroxylation is 1. The third kappa shape index (κ3) is 2.52. The summed E-state index contributed by atoms with van der Waals surface area (Å²) < 4.78 is 0. The van der Waals surface area contributed by atoms with Gasteiger partial charge in [0.15, 0.2) is 5.78 Å². The Labute approximate surface area is 104 Å². The van der Waals surface area contributed by atoms with Crippen molar-refractivity contribution in [3.8, 4) is 0 Å². The van der Waals surface area contributed by atoms with Crippen LogP contribution in [0.4, 0.5) is 0 Å². The van der Waals surface area contributed by atoms with Crippen LogP contribution in [-0.4, -0.2) is 5.78 Å². The Morgan fingerprint density at radius 2 is 1.94 bits per heavy atom. The van der Waals surface area contributed by atoms with Gasteiger partial charge in [0.25, 0.3) is 0 Å². The first-order valence-electron chi connectivity index (χ1n) is 4.98. The van der Waals surface area contributed by atoms with E-state index in [1.165, 1.54) is 16.9 Å². The number of Topliss-reactive ketones (excluding diaryl/α,β-unsaturated/α-hetero) is 1. The Bertz CT molecular complexity index is 499. The predicted molar refractivity (Wildman–Crippen MR) is 68.5 cm³/mol. The van der Waals surface area contributed by atoms with Crippen molar-refractivity contribution in [2.24, 2.45) is 0 Å². The van der Waals surface area contributed by atoms with Gasteiger partial charge < -0.3 is 0 Å². The highest BCUT2D eigenvalue weighted by atomic mass is 35.5. The summed E-state index contributed by atoms with van der Waals surface area (Å²) in [6.45, 7) is 2.03. The molecule has 1 heterocycles. The van der Waals surface area contributed by atoms with E-state index in [9.17, 15) is 4.79 Å². The number of rotatable bonds is 3. The van der Waals surface area contributed by atoms with Gasteiger partial charge in [-0.15, -0.1) is 11.3 Å². The van der Waals surface area contributed by atoms with E-state index in [1.54, 1.807) is 6.07 Å². The lowest BCUT2D eigenvalue weighted by atomic mass is 10.1. The number of hydrogen-bond donors (Lipinski definition) is 0. The fourth-order valence-electron chi connectivity index (χ4n) is 1.46. The highest BCUT2D eigenvalue weighted by molar-refractivity contribution is 7.12. The number of hydrogen-bond acceptors (Lipinski definition) is 2. The Kier molecular flexibility index (Phi) is 3.42. The standard InChI is InChI=1S/C13H11ClOS/c1-9-2-4-10(5-3-9)8-12(15)13-11(14)6-7-16-13/h2-7H,8H2,1H3. The molecule has 0 spiro atoms. The molecule has 0 amide bonds. The fraction of sp³-hybridized carbons (Fsp3) is 0.154. The van der Waals surface area contributed by atoms with Crippen LogP contribution in [0.3, 0.4) is 0 Å². The van der Waals surface area contributed by atoms with Crippen molar-refractivity contribution in [1.29, 1.82) is 0 Å². The zero-order valence-corrected chi connectivity index (χ0v) is 10.4. The molecule has 0 aliphatic rings. The first kappa shape index (κ1) is 11.4. The molecule has 1 aromatic heterocycles. The molecule has 0 saturated heterocycles. The van der Waals surface area contributed by atoms with Crippen molar-refractivity contribution in [3.63, 3.8) is 0 Å². The van der Waals surface area contributed by atoms with Crippen LogP contribution < -0.4 is 0 Å². The van der Waals surface area contributed by atoms with E-state index in [0.717, 1.165) is 5.56 Å². The summed E-state index contributed by atoms with van der Waals surface area (Å²) in [4.78, 5) is 12.6. The summed E-state index contributed by atoms with van der Waals surface area (Å²) in [5, 5.41) is 2.40. The van der Waals surface area contributed by atoms with E-state index in [-0.39, 0.29) is 5.78 Å². The van der Waals surface area contributed by atoms with Crippen LogP contribution >= 0.6 is 22.9 Å². The molecule has 16 heavy (non-hydrogen) atoms. The number of carbonyl (C=O) groups excluding carboxylic acids is 1. The van der Waals surface area contributed by atoms with E-state index < -0.39 is 0 Å². The van der Waals surface area contributed by atoms with Gasteiger partial charge in [0.2, 0.25) is 0 Å². The third-order valence-corrected chi connectivity index (χ3v) is 3.74. The minimum atomic E-state index is 0.0869. The molecular weight excluding hydrogens is 240 g/mol. The molecule has 0 aliphatic carbocycles. The number of benzene rings is 1. The van der Waals surface area contributed by atoms with Crippen LogP contribution in [0.1, 0.15) is 20.8 Å². The van der Waals surface area contributed by atoms with Crippen LogP contribution in [0.2, 0.25) is 5.02 Å². The van der Waals surface area contributed by atoms with Gasteiger partial charge in [-0.3, -0.25) is 4.79 Å². The van der Waals surface area contributed by atoms with Crippen LogP contribution in [0, 0.1) is 6.92 Å². The molecule has 0 unspecified atom stereocenters. The first-order chi connectivity index (χ1) is 7.66. The van der Waals surface area contributed by atoms with Crippen LogP contribution in [0.15, 0.2) is 35.7 Å². The maximum Gasteiger partial charge on any atom is 0.178 e. The summed E-state index contributed by atoms with van der Waals surface area (Å²) >= 11 is 7.31. The molecule has 0 atom stereocenters. The second-order valence-electron chi connectivity index (χ2n) is 3.68. The molecule has 0 saturated carbocycles. The largest absolute Gasteiger partial charge is 0.293 e. The lowest BCUT2D eigenvalue weighted by Crippen LogP contribution is -2.01. The highest BCUT2D eigenvalue weighted by Crippen LogP contribution is 2.23. The van der Waals surface area contributed by atoms with Crippen molar-refractivity contribution < 1.29 is 4.79 Å². The lowest BCUT2D eigenvalue weighted by molar-refractivity contribution is 0.0997. The van der Waals surface area contributed by atoms with E-state index >= 15 is 0 Å². The molecule has 0 N–H and O–H groups in total. The smallest absolute Gasteiger partial charge is 0.178 e. The van der Waals surface area contributed by atoms with Crippen molar-refractivity contribution in [3.05, 3.63) is 56.7 Å². The maximum absolute atomic E-state index is 11.9. The van der Waals surface area contributed by atoms with Crippen molar-refractivity contribution >= 4 is 28.7 Å². The molecule has 0 bridgehead atoms. The van der Waals surface area contributed by atoms with Crippen molar-refractivity contribution in [1.82, 2.24) is 0 Å². The van der Waals surface area contributed by atoms with Crippen molar-refractivity contribution in [2.45, 2.75) is 13.3 Å². The summed E-state index contributed by atoms with van der Waals surface area (Å²) in [5.74, 6) is 0.0869. The van der Waals surface area contributed by atoms with Gasteiger partial charge in [0.1, 0.15) is 0 Å². The van der Waals surface area contributed by atoms with Gasteiger partial charge in [-0.25, -0.2) is 0 Å². The molecule has 0 radical (unpaired) electrons. The SMILES string of the molecule is Cc1ccc(CC(=O)c2sccc2Cl)cc1. The van der Waals surface area contributed by atoms with Gasteiger partial charge in [-0.1, -0.05) is 41.4 Å². The molecule has 0 fully saturated rings. The van der Waals surface area contributed by atoms with Gasteiger partial charge in [0, 0.05) is 6.42 Å². The second kappa shape index (κ2) is 4.81. The quantitative estimate of drug-likeness (QED) is 0.749. The minimum Gasteiger partial charge on any atom is -0.293 e. The Balaban J connectivity index is 2.14. The van der Waals surface area contributed by atoms with Crippen LogP contribution in [0.5, 0.6) is 0 Å². The average molecular weight is 251 g/mol. The topological polar surface area (TPSA) is 17.1 Å². The molecular formula is C13H11ClOS. The number of thiophene rings is 1. The minimum absolute atomic E-state index is 0.0869. The molecule has 82 valence electrons. The number of halogens is 1. The zero-order valence-electron chi connectivity index (χ0n) is 8.87. The Morgan fingerprint density at radius 1 is 1.25 bits per heavy atom. The van der Waals surface area contributed by atoms with Gasteiger partial charge in [-0.05, 0) is 23.9 Å². The zero-order chi connectivity index (χ0) is 11.5. The van der Waals surface area contributed by atoms with Gasteiger partial charge >= 0.3 is 0 Å². The number of carbonyl (C=O) groups is 1. The molecule has 1 nitrogen and oxygen atoms in total. The number of ketones is 1. The van der Waals surface area contributed by atoms with E-state index in [0.29, 0.717) is 16.3 Å². The molecule has 2 aromatic rings. The molecule has 1 aromatic carbocycles. The van der Waals surface area contributed by atoms with Gasteiger partial charge in [-0.2, -0.15) is 0 Å². The average Bonchev–Trinajstić information content (AvgIpc) is 2.68. The molecule has 0 aliphatic heterocycles. The molecule has 2 rings (SSSR count). The predicted octanol–water partition coefficient (Wildman–Crippen LogP) is 4.14. The first-order valence-corrected chi connectivity index (χ1v) is 6.24. The van der Waals surface area contributed by atoms with Crippen LogP contribution in [0.25, 0.3) is 0 Å². The summed E-state index contributed by atoms with van der Waals surface area (Å²) in [7, 11) is 0. The fourth-order valence-corrected chi connectivity index (χ4v) is 2.57.